The van der Waals surface area contributed by atoms with E-state index >= 15 is 0 Å². The SMILES string of the molecule is CCCCC(CC)CC(C#N)CBr. The van der Waals surface area contributed by atoms with Crippen LogP contribution in [0.2, 0.25) is 0 Å². The molecule has 0 heterocycles. The first-order valence-electron chi connectivity index (χ1n) is 5.23. The number of halogens is 1. The minimum absolute atomic E-state index is 0.210. The second-order valence-corrected chi connectivity index (χ2v) is 4.28. The van der Waals surface area contributed by atoms with Crippen molar-refractivity contribution in [3.8, 4) is 6.07 Å². The second-order valence-electron chi connectivity index (χ2n) is 3.63. The zero-order chi connectivity index (χ0) is 10.1. The first kappa shape index (κ1) is 13.0. The Labute approximate surface area is 90.6 Å². The predicted octanol–water partition coefficient (Wildman–Crippen LogP) is 4.13. The third-order valence-electron chi connectivity index (χ3n) is 2.53. The largest absolute Gasteiger partial charge is 0.198 e. The van der Waals surface area contributed by atoms with Gasteiger partial charge in [-0.2, -0.15) is 5.26 Å². The Balaban J connectivity index is 3.75. The van der Waals surface area contributed by atoms with Gasteiger partial charge in [-0.3, -0.25) is 0 Å². The van der Waals surface area contributed by atoms with Crippen LogP contribution in [0.3, 0.4) is 0 Å². The quantitative estimate of drug-likeness (QED) is 0.619. The zero-order valence-electron chi connectivity index (χ0n) is 8.72. The van der Waals surface area contributed by atoms with E-state index in [1.54, 1.807) is 0 Å². The van der Waals surface area contributed by atoms with E-state index in [2.05, 4.69) is 35.8 Å². The molecule has 0 aliphatic heterocycles. The monoisotopic (exact) mass is 245 g/mol. The summed E-state index contributed by atoms with van der Waals surface area (Å²) in [5, 5.41) is 9.64. The summed E-state index contributed by atoms with van der Waals surface area (Å²) < 4.78 is 0. The minimum Gasteiger partial charge on any atom is -0.198 e. The van der Waals surface area contributed by atoms with Crippen molar-refractivity contribution in [3.63, 3.8) is 0 Å². The van der Waals surface area contributed by atoms with Crippen LogP contribution in [0.4, 0.5) is 0 Å². The predicted molar refractivity (Wildman–Crippen MR) is 60.8 cm³/mol. The molecule has 0 rings (SSSR count). The molecule has 0 N–H and O–H groups in total. The van der Waals surface area contributed by atoms with Crippen LogP contribution >= 0.6 is 15.9 Å². The summed E-state index contributed by atoms with van der Waals surface area (Å²) in [5.74, 6) is 0.962. The topological polar surface area (TPSA) is 23.8 Å². The van der Waals surface area contributed by atoms with Gasteiger partial charge in [0.25, 0.3) is 0 Å². The molecule has 1 nitrogen and oxygen atoms in total. The van der Waals surface area contributed by atoms with Gasteiger partial charge in [0.1, 0.15) is 0 Å². The highest BCUT2D eigenvalue weighted by Gasteiger charge is 2.13. The number of alkyl halides is 1. The van der Waals surface area contributed by atoms with Gasteiger partial charge in [0.2, 0.25) is 0 Å². The highest BCUT2D eigenvalue weighted by molar-refractivity contribution is 9.09. The van der Waals surface area contributed by atoms with Gasteiger partial charge in [-0.25, -0.2) is 0 Å². The molecular formula is C11H20BrN. The highest BCUT2D eigenvalue weighted by Crippen LogP contribution is 2.22. The van der Waals surface area contributed by atoms with Gasteiger partial charge < -0.3 is 0 Å². The normalized spacial score (nSPS) is 14.9. The lowest BCUT2D eigenvalue weighted by molar-refractivity contribution is 0.390. The molecule has 0 radical (unpaired) electrons. The summed E-state index contributed by atoms with van der Waals surface area (Å²) in [5.41, 5.74) is 0. The molecule has 0 aromatic rings. The number of rotatable bonds is 7. The fourth-order valence-electron chi connectivity index (χ4n) is 1.53. The van der Waals surface area contributed by atoms with Crippen LogP contribution in [0.25, 0.3) is 0 Å². The number of hydrogen-bond acceptors (Lipinski definition) is 1. The zero-order valence-corrected chi connectivity index (χ0v) is 10.3. The Morgan fingerprint density at radius 2 is 2.08 bits per heavy atom. The van der Waals surface area contributed by atoms with Gasteiger partial charge in [0.15, 0.2) is 0 Å². The molecule has 0 saturated carbocycles. The number of nitriles is 1. The van der Waals surface area contributed by atoms with Crippen LogP contribution in [0, 0.1) is 23.2 Å². The molecule has 13 heavy (non-hydrogen) atoms. The summed E-state index contributed by atoms with van der Waals surface area (Å²) in [6, 6.07) is 2.35. The maximum absolute atomic E-state index is 8.82. The standard InChI is InChI=1S/C11H20BrN/c1-3-5-6-10(4-2)7-11(8-12)9-13/h10-11H,3-8H2,1-2H3. The average molecular weight is 246 g/mol. The van der Waals surface area contributed by atoms with Crippen LogP contribution in [0.1, 0.15) is 46.0 Å². The van der Waals surface area contributed by atoms with E-state index in [1.807, 2.05) is 0 Å². The van der Waals surface area contributed by atoms with Crippen molar-refractivity contribution in [2.75, 3.05) is 5.33 Å². The molecule has 0 aromatic carbocycles. The molecule has 76 valence electrons. The van der Waals surface area contributed by atoms with Gasteiger partial charge >= 0.3 is 0 Å². The van der Waals surface area contributed by atoms with E-state index in [0.29, 0.717) is 0 Å². The molecular weight excluding hydrogens is 226 g/mol. The van der Waals surface area contributed by atoms with Crippen molar-refractivity contribution < 1.29 is 0 Å². The summed E-state index contributed by atoms with van der Waals surface area (Å²) >= 11 is 3.38. The Morgan fingerprint density at radius 3 is 2.46 bits per heavy atom. The van der Waals surface area contributed by atoms with Crippen molar-refractivity contribution in [1.29, 1.82) is 5.26 Å². The van der Waals surface area contributed by atoms with Crippen molar-refractivity contribution in [2.45, 2.75) is 46.0 Å². The highest BCUT2D eigenvalue weighted by atomic mass is 79.9. The van der Waals surface area contributed by atoms with Gasteiger partial charge in [-0.1, -0.05) is 55.5 Å². The molecule has 0 fully saturated rings. The minimum atomic E-state index is 0.210. The molecule has 0 bridgehead atoms. The second kappa shape index (κ2) is 8.56. The lowest BCUT2D eigenvalue weighted by atomic mass is 9.90. The van der Waals surface area contributed by atoms with Crippen molar-refractivity contribution in [1.82, 2.24) is 0 Å². The Morgan fingerprint density at radius 1 is 1.38 bits per heavy atom. The first-order chi connectivity index (χ1) is 6.28. The smallest absolute Gasteiger partial charge is 0.0664 e. The summed E-state index contributed by atoms with van der Waals surface area (Å²) in [6.07, 6.45) is 6.14. The molecule has 2 unspecified atom stereocenters. The van der Waals surface area contributed by atoms with Gasteiger partial charge in [0.05, 0.1) is 12.0 Å². The third-order valence-corrected chi connectivity index (χ3v) is 3.31. The van der Waals surface area contributed by atoms with Crippen LogP contribution in [0.15, 0.2) is 0 Å². The molecule has 2 heteroatoms. The number of unbranched alkanes of at least 4 members (excludes halogenated alkanes) is 1. The van der Waals surface area contributed by atoms with E-state index in [1.165, 1.54) is 25.7 Å². The van der Waals surface area contributed by atoms with Gasteiger partial charge in [-0.15, -0.1) is 0 Å². The fraction of sp³-hybridized carbons (Fsp3) is 0.909. The Kier molecular flexibility index (Phi) is 8.54. The van der Waals surface area contributed by atoms with E-state index in [9.17, 15) is 0 Å². The lowest BCUT2D eigenvalue weighted by Crippen LogP contribution is -2.08. The van der Waals surface area contributed by atoms with Gasteiger partial charge in [-0.05, 0) is 12.3 Å². The number of nitrogens with zero attached hydrogens (tertiary/aromatic N) is 1. The van der Waals surface area contributed by atoms with Crippen LogP contribution in [0.5, 0.6) is 0 Å². The maximum Gasteiger partial charge on any atom is 0.0664 e. The summed E-state index contributed by atoms with van der Waals surface area (Å²) in [6.45, 7) is 4.45. The van der Waals surface area contributed by atoms with Crippen molar-refractivity contribution in [3.05, 3.63) is 0 Å². The van der Waals surface area contributed by atoms with E-state index < -0.39 is 0 Å². The maximum atomic E-state index is 8.82. The first-order valence-corrected chi connectivity index (χ1v) is 6.36. The number of hydrogen-bond donors (Lipinski definition) is 0. The molecule has 0 aliphatic carbocycles. The Bertz CT molecular complexity index is 151. The fourth-order valence-corrected chi connectivity index (χ4v) is 1.94. The van der Waals surface area contributed by atoms with Crippen molar-refractivity contribution >= 4 is 15.9 Å². The molecule has 0 amide bonds. The van der Waals surface area contributed by atoms with E-state index in [-0.39, 0.29) is 5.92 Å². The summed E-state index contributed by atoms with van der Waals surface area (Å²) in [7, 11) is 0. The molecule has 0 aliphatic rings. The van der Waals surface area contributed by atoms with Crippen molar-refractivity contribution in [2.24, 2.45) is 11.8 Å². The molecule has 2 atom stereocenters. The average Bonchev–Trinajstić information content (AvgIpc) is 2.19. The molecule has 0 saturated heterocycles. The molecule has 0 aromatic heterocycles. The molecule has 0 spiro atoms. The van der Waals surface area contributed by atoms with E-state index in [4.69, 9.17) is 5.26 Å². The third kappa shape index (κ3) is 6.10. The van der Waals surface area contributed by atoms with Gasteiger partial charge in [0, 0.05) is 5.33 Å². The Hall–Kier alpha value is -0.0300. The van der Waals surface area contributed by atoms with Crippen LogP contribution < -0.4 is 0 Å². The van der Waals surface area contributed by atoms with E-state index in [0.717, 1.165) is 17.7 Å². The van der Waals surface area contributed by atoms with Crippen LogP contribution in [-0.4, -0.2) is 5.33 Å². The summed E-state index contributed by atoms with van der Waals surface area (Å²) in [4.78, 5) is 0. The lowest BCUT2D eigenvalue weighted by Gasteiger charge is -2.16. The van der Waals surface area contributed by atoms with Crippen LogP contribution in [-0.2, 0) is 0 Å².